The molecule has 4 aromatic carbocycles. The Morgan fingerprint density at radius 3 is 1.53 bits per heavy atom. The number of benzene rings is 4. The van der Waals surface area contributed by atoms with Crippen LogP contribution in [0, 0.1) is 11.3 Å². The van der Waals surface area contributed by atoms with Crippen LogP contribution in [0.5, 0.6) is 23.0 Å². The number of rotatable bonds is 11. The Balaban J connectivity index is 1.42. The Morgan fingerprint density at radius 2 is 1.04 bits per heavy atom. The maximum absolute atomic E-state index is 6.66. The van der Waals surface area contributed by atoms with Crippen molar-refractivity contribution in [3.05, 3.63) is 108 Å². The highest BCUT2D eigenvalue weighted by molar-refractivity contribution is 5.59. The van der Waals surface area contributed by atoms with Gasteiger partial charge in [-0.15, -0.1) is 0 Å². The van der Waals surface area contributed by atoms with Gasteiger partial charge in [-0.2, -0.15) is 0 Å². The lowest BCUT2D eigenvalue weighted by Gasteiger charge is -2.50. The van der Waals surface area contributed by atoms with Crippen LogP contribution in [0.4, 0.5) is 11.4 Å². The summed E-state index contributed by atoms with van der Waals surface area (Å²) in [7, 11) is 0. The predicted octanol–water partition coefficient (Wildman–Crippen LogP) is 11.4. The molecule has 0 aromatic heterocycles. The molecule has 236 valence electrons. The van der Waals surface area contributed by atoms with Gasteiger partial charge in [-0.25, -0.2) is 0 Å². The highest BCUT2D eigenvalue weighted by Gasteiger charge is 2.47. The molecule has 2 aliphatic carbocycles. The summed E-state index contributed by atoms with van der Waals surface area (Å²) in [5.74, 6) is 3.84. The van der Waals surface area contributed by atoms with E-state index in [1.54, 1.807) is 0 Å². The molecule has 0 radical (unpaired) electrons. The third-order valence-electron chi connectivity index (χ3n) is 10.9. The first-order valence-electron chi connectivity index (χ1n) is 17.3. The lowest BCUT2D eigenvalue weighted by Crippen LogP contribution is -2.41. The fourth-order valence-corrected chi connectivity index (χ4v) is 8.54. The van der Waals surface area contributed by atoms with E-state index >= 15 is 0 Å². The zero-order valence-electron chi connectivity index (χ0n) is 27.0. The summed E-state index contributed by atoms with van der Waals surface area (Å²) in [6.45, 7) is 2.33. The zero-order valence-corrected chi connectivity index (χ0v) is 27.0. The number of unbranched alkanes of at least 4 members (excludes halogenated alkanes) is 2. The number of anilines is 2. The van der Waals surface area contributed by atoms with E-state index in [-0.39, 0.29) is 5.41 Å². The molecule has 0 spiro atoms. The molecule has 2 aliphatic rings. The standard InChI is InChI=1S/C41H50N2O2/c1-2-3-13-26-40(27-14-4-15-28-40)31-24-29-41(30-25-31,32-16-5-9-20-36(32)44-38-22-11-7-18-34(38)42)33-17-6-10-21-37(33)45-39-23-12-8-19-35(39)43/h5-12,16-23,31H,2-4,13-15,24-30,42-43H2,1H3. The van der Waals surface area contributed by atoms with Crippen molar-refractivity contribution in [1.29, 1.82) is 0 Å². The Morgan fingerprint density at radius 1 is 0.578 bits per heavy atom. The quantitative estimate of drug-likeness (QED) is 0.132. The van der Waals surface area contributed by atoms with Gasteiger partial charge in [0.05, 0.1) is 11.4 Å². The van der Waals surface area contributed by atoms with Crippen molar-refractivity contribution in [2.45, 2.75) is 95.8 Å². The SMILES string of the molecule is CCCCCC1(C2CCC(c3ccccc3Oc3ccccc3N)(c3ccccc3Oc3ccccc3N)CC2)CCCCC1. The van der Waals surface area contributed by atoms with Gasteiger partial charge in [-0.3, -0.25) is 0 Å². The molecule has 2 saturated carbocycles. The highest BCUT2D eigenvalue weighted by atomic mass is 16.5. The monoisotopic (exact) mass is 602 g/mol. The Bertz CT molecular complexity index is 1460. The molecule has 0 amide bonds. The van der Waals surface area contributed by atoms with Gasteiger partial charge in [0.1, 0.15) is 23.0 Å². The van der Waals surface area contributed by atoms with Gasteiger partial charge in [0.15, 0.2) is 0 Å². The van der Waals surface area contributed by atoms with Crippen LogP contribution in [0.15, 0.2) is 97.1 Å². The summed E-state index contributed by atoms with van der Waals surface area (Å²) in [4.78, 5) is 0. The molecule has 0 saturated heterocycles. The van der Waals surface area contributed by atoms with Gasteiger partial charge < -0.3 is 20.9 Å². The van der Waals surface area contributed by atoms with Gasteiger partial charge in [0.2, 0.25) is 0 Å². The lowest BCUT2D eigenvalue weighted by atomic mass is 9.54. The first-order valence-corrected chi connectivity index (χ1v) is 17.3. The number of para-hydroxylation sites is 6. The summed E-state index contributed by atoms with van der Waals surface area (Å²) < 4.78 is 13.3. The van der Waals surface area contributed by atoms with Crippen molar-refractivity contribution in [2.24, 2.45) is 11.3 Å². The topological polar surface area (TPSA) is 70.5 Å². The third kappa shape index (κ3) is 6.57. The molecule has 0 heterocycles. The average molecular weight is 603 g/mol. The second-order valence-electron chi connectivity index (χ2n) is 13.5. The maximum Gasteiger partial charge on any atom is 0.150 e. The van der Waals surface area contributed by atoms with E-state index in [0.29, 0.717) is 28.3 Å². The minimum atomic E-state index is -0.282. The lowest BCUT2D eigenvalue weighted by molar-refractivity contribution is 0.0418. The Hall–Kier alpha value is -3.92. The van der Waals surface area contributed by atoms with Gasteiger partial charge in [-0.05, 0) is 92.7 Å². The van der Waals surface area contributed by atoms with Gasteiger partial charge in [0, 0.05) is 16.5 Å². The van der Waals surface area contributed by atoms with Gasteiger partial charge >= 0.3 is 0 Å². The van der Waals surface area contributed by atoms with E-state index in [1.165, 1.54) is 81.8 Å². The fraction of sp³-hybridized carbons (Fsp3) is 0.415. The Kier molecular flexibility index (Phi) is 9.68. The number of hydrogen-bond acceptors (Lipinski definition) is 4. The van der Waals surface area contributed by atoms with Crippen LogP contribution in [0.1, 0.15) is 102 Å². The molecular weight excluding hydrogens is 552 g/mol. The molecule has 4 nitrogen and oxygen atoms in total. The van der Waals surface area contributed by atoms with Crippen molar-refractivity contribution in [3.63, 3.8) is 0 Å². The molecule has 0 atom stereocenters. The van der Waals surface area contributed by atoms with Gasteiger partial charge in [0.25, 0.3) is 0 Å². The molecule has 2 fully saturated rings. The van der Waals surface area contributed by atoms with Crippen LogP contribution in [0.25, 0.3) is 0 Å². The van der Waals surface area contributed by atoms with E-state index in [2.05, 4.69) is 55.5 Å². The van der Waals surface area contributed by atoms with Crippen LogP contribution in [-0.4, -0.2) is 0 Å². The summed E-state index contributed by atoms with van der Waals surface area (Å²) in [5, 5.41) is 0. The van der Waals surface area contributed by atoms with Crippen molar-refractivity contribution >= 4 is 11.4 Å². The summed E-state index contributed by atoms with van der Waals surface area (Å²) in [6, 6.07) is 32.7. The highest BCUT2D eigenvalue weighted by Crippen LogP contribution is 2.58. The normalized spacial score (nSPS) is 17.9. The largest absolute Gasteiger partial charge is 0.455 e. The molecule has 4 aromatic rings. The maximum atomic E-state index is 6.66. The number of hydrogen-bond donors (Lipinski definition) is 2. The summed E-state index contributed by atoms with van der Waals surface area (Å²) in [6.07, 6.45) is 16.8. The van der Waals surface area contributed by atoms with E-state index in [0.717, 1.165) is 30.3 Å². The molecule has 4 N–H and O–H groups in total. The third-order valence-corrected chi connectivity index (χ3v) is 10.9. The summed E-state index contributed by atoms with van der Waals surface area (Å²) >= 11 is 0. The zero-order chi connectivity index (χ0) is 31.1. The predicted molar refractivity (Wildman–Crippen MR) is 187 cm³/mol. The first-order chi connectivity index (χ1) is 22.0. The fourth-order valence-electron chi connectivity index (χ4n) is 8.54. The van der Waals surface area contributed by atoms with Crippen molar-refractivity contribution < 1.29 is 9.47 Å². The van der Waals surface area contributed by atoms with Crippen molar-refractivity contribution in [3.8, 4) is 23.0 Å². The number of nitrogens with two attached hydrogens (primary N) is 2. The summed E-state index contributed by atoms with van der Waals surface area (Å²) in [5.41, 5.74) is 16.6. The van der Waals surface area contributed by atoms with E-state index < -0.39 is 0 Å². The Labute approximate surface area is 270 Å². The second kappa shape index (κ2) is 14.0. The molecule has 6 rings (SSSR count). The van der Waals surface area contributed by atoms with Crippen molar-refractivity contribution in [2.75, 3.05) is 11.5 Å². The van der Waals surface area contributed by atoms with Crippen LogP contribution < -0.4 is 20.9 Å². The molecule has 0 aliphatic heterocycles. The van der Waals surface area contributed by atoms with Crippen LogP contribution in [0.3, 0.4) is 0 Å². The van der Waals surface area contributed by atoms with Crippen LogP contribution in [-0.2, 0) is 5.41 Å². The minimum absolute atomic E-state index is 0.282. The second-order valence-corrected chi connectivity index (χ2v) is 13.5. The molecule has 45 heavy (non-hydrogen) atoms. The molecule has 0 unspecified atom stereocenters. The first kappa shape index (κ1) is 31.1. The molecule has 0 bridgehead atoms. The van der Waals surface area contributed by atoms with E-state index in [9.17, 15) is 0 Å². The average Bonchev–Trinajstić information content (AvgIpc) is 3.08. The smallest absolute Gasteiger partial charge is 0.150 e. The molecular formula is C41H50N2O2. The number of nitrogen functional groups attached to an aromatic ring is 2. The van der Waals surface area contributed by atoms with Gasteiger partial charge in [-0.1, -0.05) is 106 Å². The van der Waals surface area contributed by atoms with Crippen LogP contribution >= 0.6 is 0 Å². The minimum Gasteiger partial charge on any atom is -0.455 e. The van der Waals surface area contributed by atoms with E-state index in [1.807, 2.05) is 48.5 Å². The number of ether oxygens (including phenoxy) is 2. The molecule has 4 heteroatoms. The van der Waals surface area contributed by atoms with E-state index in [4.69, 9.17) is 20.9 Å². The van der Waals surface area contributed by atoms with Crippen LogP contribution in [0.2, 0.25) is 0 Å². The van der Waals surface area contributed by atoms with Crippen molar-refractivity contribution in [1.82, 2.24) is 0 Å².